The van der Waals surface area contributed by atoms with E-state index in [1.807, 2.05) is 39.1 Å². The number of fused-ring (bicyclic) bond motifs is 1. The number of carbonyl (C=O) groups excluding carboxylic acids is 1. The number of aromatic nitrogens is 2. The molecule has 2 heterocycles. The van der Waals surface area contributed by atoms with Gasteiger partial charge in [0.15, 0.2) is 0 Å². The first kappa shape index (κ1) is 16.0. The summed E-state index contributed by atoms with van der Waals surface area (Å²) in [6, 6.07) is 2.85. The van der Waals surface area contributed by atoms with E-state index in [-0.39, 0.29) is 5.92 Å². The lowest BCUT2D eigenvalue weighted by Gasteiger charge is -2.16. The quantitative estimate of drug-likeness (QED) is 0.886. The molecular weight excluding hydrogens is 282 g/mol. The zero-order chi connectivity index (χ0) is 16.4. The number of carboxylic acid groups (broad SMARTS) is 1. The van der Waals surface area contributed by atoms with Gasteiger partial charge in [0.1, 0.15) is 17.4 Å². The van der Waals surface area contributed by atoms with E-state index in [0.717, 1.165) is 5.56 Å². The minimum atomic E-state index is -1.02. The van der Waals surface area contributed by atoms with Crippen LogP contribution in [0.15, 0.2) is 18.3 Å². The van der Waals surface area contributed by atoms with E-state index in [9.17, 15) is 14.7 Å². The first-order valence-electron chi connectivity index (χ1n) is 7.28. The molecule has 0 fully saturated rings. The van der Waals surface area contributed by atoms with Crippen LogP contribution in [0.25, 0.3) is 5.65 Å². The Morgan fingerprint density at radius 2 is 2.00 bits per heavy atom. The zero-order valence-electron chi connectivity index (χ0n) is 13.3. The van der Waals surface area contributed by atoms with Crippen molar-refractivity contribution in [3.63, 3.8) is 0 Å². The van der Waals surface area contributed by atoms with E-state index < -0.39 is 17.9 Å². The smallest absolute Gasteiger partial charge is 0.326 e. The summed E-state index contributed by atoms with van der Waals surface area (Å²) in [4.78, 5) is 28.2. The fraction of sp³-hybridized carbons (Fsp3) is 0.438. The monoisotopic (exact) mass is 303 g/mol. The molecule has 0 saturated heterocycles. The van der Waals surface area contributed by atoms with Crippen LogP contribution in [0.1, 0.15) is 42.0 Å². The molecule has 1 atom stereocenters. The number of hydrogen-bond acceptors (Lipinski definition) is 3. The molecule has 118 valence electrons. The van der Waals surface area contributed by atoms with Crippen molar-refractivity contribution in [2.24, 2.45) is 5.92 Å². The van der Waals surface area contributed by atoms with Gasteiger partial charge in [-0.2, -0.15) is 0 Å². The third kappa shape index (κ3) is 3.27. The first-order valence-corrected chi connectivity index (χ1v) is 7.28. The Morgan fingerprint density at radius 1 is 1.32 bits per heavy atom. The van der Waals surface area contributed by atoms with E-state index in [1.54, 1.807) is 11.3 Å². The molecule has 0 bridgehead atoms. The number of carboxylic acids is 1. The molecule has 6 heteroatoms. The highest BCUT2D eigenvalue weighted by molar-refractivity contribution is 5.97. The Bertz CT molecular complexity index is 719. The summed E-state index contributed by atoms with van der Waals surface area (Å²) in [7, 11) is 0. The molecule has 22 heavy (non-hydrogen) atoms. The predicted molar refractivity (Wildman–Crippen MR) is 83.0 cm³/mol. The lowest BCUT2D eigenvalue weighted by atomic mass is 10.0. The molecule has 0 aliphatic carbocycles. The predicted octanol–water partition coefficient (Wildman–Crippen LogP) is 2.18. The topological polar surface area (TPSA) is 83.7 Å². The number of amides is 1. The van der Waals surface area contributed by atoms with Gasteiger partial charge in [0.05, 0.1) is 5.69 Å². The summed E-state index contributed by atoms with van der Waals surface area (Å²) in [5.41, 5.74) is 2.63. The van der Waals surface area contributed by atoms with E-state index in [2.05, 4.69) is 10.3 Å². The third-order valence-electron chi connectivity index (χ3n) is 3.47. The number of hydrogen-bond donors (Lipinski definition) is 2. The molecule has 2 rings (SSSR count). The van der Waals surface area contributed by atoms with Crippen LogP contribution in [0.2, 0.25) is 0 Å². The summed E-state index contributed by atoms with van der Waals surface area (Å²) < 4.78 is 1.70. The number of imidazole rings is 1. The molecule has 2 aromatic rings. The number of aliphatic carboxylic acids is 1. The second kappa shape index (κ2) is 6.17. The largest absolute Gasteiger partial charge is 0.480 e. The molecule has 0 aliphatic heterocycles. The second-order valence-electron chi connectivity index (χ2n) is 5.97. The van der Waals surface area contributed by atoms with Crippen molar-refractivity contribution >= 4 is 17.5 Å². The fourth-order valence-corrected chi connectivity index (χ4v) is 2.46. The van der Waals surface area contributed by atoms with Crippen molar-refractivity contribution in [1.29, 1.82) is 0 Å². The van der Waals surface area contributed by atoms with Crippen molar-refractivity contribution < 1.29 is 14.7 Å². The minimum Gasteiger partial charge on any atom is -0.480 e. The summed E-state index contributed by atoms with van der Waals surface area (Å²) in [5.74, 6) is -1.26. The maximum absolute atomic E-state index is 12.5. The zero-order valence-corrected chi connectivity index (χ0v) is 13.3. The molecule has 0 radical (unpaired) electrons. The van der Waals surface area contributed by atoms with Gasteiger partial charge in [-0.15, -0.1) is 0 Å². The lowest BCUT2D eigenvalue weighted by Crippen LogP contribution is -2.42. The van der Waals surface area contributed by atoms with Crippen LogP contribution in [0.4, 0.5) is 0 Å². The van der Waals surface area contributed by atoms with Crippen LogP contribution in [0.3, 0.4) is 0 Å². The van der Waals surface area contributed by atoms with E-state index in [4.69, 9.17) is 0 Å². The van der Waals surface area contributed by atoms with Gasteiger partial charge in [-0.25, -0.2) is 9.78 Å². The van der Waals surface area contributed by atoms with Gasteiger partial charge in [-0.3, -0.25) is 9.20 Å². The Morgan fingerprint density at radius 3 is 2.59 bits per heavy atom. The van der Waals surface area contributed by atoms with Gasteiger partial charge in [-0.1, -0.05) is 19.9 Å². The van der Waals surface area contributed by atoms with Gasteiger partial charge >= 0.3 is 5.97 Å². The second-order valence-corrected chi connectivity index (χ2v) is 5.97. The number of pyridine rings is 1. The Kier molecular flexibility index (Phi) is 4.49. The maximum Gasteiger partial charge on any atom is 0.326 e. The maximum atomic E-state index is 12.5. The summed E-state index contributed by atoms with van der Waals surface area (Å²) in [5, 5.41) is 11.9. The van der Waals surface area contributed by atoms with E-state index in [0.29, 0.717) is 23.5 Å². The molecule has 0 spiro atoms. The van der Waals surface area contributed by atoms with Crippen LogP contribution in [-0.4, -0.2) is 32.4 Å². The fourth-order valence-electron chi connectivity index (χ4n) is 2.46. The summed E-state index contributed by atoms with van der Waals surface area (Å²) in [6.45, 7) is 7.51. The molecule has 0 saturated carbocycles. The van der Waals surface area contributed by atoms with Crippen molar-refractivity contribution in [1.82, 2.24) is 14.7 Å². The molecule has 0 aromatic carbocycles. The third-order valence-corrected chi connectivity index (χ3v) is 3.47. The molecular formula is C16H21N3O3. The van der Waals surface area contributed by atoms with Gasteiger partial charge in [-0.05, 0) is 37.8 Å². The van der Waals surface area contributed by atoms with E-state index >= 15 is 0 Å². The van der Waals surface area contributed by atoms with Crippen molar-refractivity contribution in [2.45, 2.75) is 40.2 Å². The van der Waals surface area contributed by atoms with Crippen LogP contribution >= 0.6 is 0 Å². The Hall–Kier alpha value is -2.37. The number of rotatable bonds is 5. The number of nitrogens with one attached hydrogen (secondary N) is 1. The number of nitrogens with zero attached hydrogens (tertiary/aromatic N) is 2. The van der Waals surface area contributed by atoms with Crippen molar-refractivity contribution in [3.05, 3.63) is 35.3 Å². The molecule has 0 aliphatic rings. The molecule has 6 nitrogen and oxygen atoms in total. The van der Waals surface area contributed by atoms with Crippen molar-refractivity contribution in [2.75, 3.05) is 0 Å². The Balaban J connectivity index is 2.34. The van der Waals surface area contributed by atoms with Crippen LogP contribution in [0.5, 0.6) is 0 Å². The standard InChI is InChI=1S/C16H21N3O3/c1-9(2)7-12(16(21)22)18-15(20)14-11(4)17-13-6-5-10(3)8-19(13)14/h5-6,8-9,12H,7H2,1-4H3,(H,18,20)(H,21,22). The first-order chi connectivity index (χ1) is 10.3. The SMILES string of the molecule is Cc1ccc2nc(C)c(C(=O)NC(CC(C)C)C(=O)O)n2c1. The molecule has 1 amide bonds. The van der Waals surface area contributed by atoms with Gasteiger partial charge in [0.2, 0.25) is 0 Å². The van der Waals surface area contributed by atoms with Crippen LogP contribution in [-0.2, 0) is 4.79 Å². The highest BCUT2D eigenvalue weighted by Gasteiger charge is 2.24. The lowest BCUT2D eigenvalue weighted by molar-refractivity contribution is -0.139. The van der Waals surface area contributed by atoms with Crippen molar-refractivity contribution in [3.8, 4) is 0 Å². The minimum absolute atomic E-state index is 0.173. The summed E-state index contributed by atoms with van der Waals surface area (Å²) >= 11 is 0. The van der Waals surface area contributed by atoms with Crippen LogP contribution < -0.4 is 5.32 Å². The normalized spacial score (nSPS) is 12.6. The van der Waals surface area contributed by atoms with Gasteiger partial charge < -0.3 is 10.4 Å². The number of carbonyl (C=O) groups is 2. The highest BCUT2D eigenvalue weighted by atomic mass is 16.4. The highest BCUT2D eigenvalue weighted by Crippen LogP contribution is 2.14. The number of aryl methyl sites for hydroxylation is 2. The average molecular weight is 303 g/mol. The average Bonchev–Trinajstić information content (AvgIpc) is 2.72. The van der Waals surface area contributed by atoms with E-state index in [1.165, 1.54) is 0 Å². The van der Waals surface area contributed by atoms with Crippen LogP contribution in [0, 0.1) is 19.8 Å². The molecule has 1 unspecified atom stereocenters. The molecule has 2 aromatic heterocycles. The molecule has 2 N–H and O–H groups in total. The Labute approximate surface area is 129 Å². The van der Waals surface area contributed by atoms with Gasteiger partial charge in [0, 0.05) is 6.20 Å². The van der Waals surface area contributed by atoms with Gasteiger partial charge in [0.25, 0.3) is 5.91 Å². The summed E-state index contributed by atoms with van der Waals surface area (Å²) in [6.07, 6.45) is 2.21.